The largest absolute Gasteiger partial charge is 0.243 e. The summed E-state index contributed by atoms with van der Waals surface area (Å²) in [4.78, 5) is -0.757. The summed E-state index contributed by atoms with van der Waals surface area (Å²) in [5, 5.41) is 0.674. The zero-order chi connectivity index (χ0) is 15.6. The summed E-state index contributed by atoms with van der Waals surface area (Å²) in [6, 6.07) is 6.73. The summed E-state index contributed by atoms with van der Waals surface area (Å²) < 4.78 is 52.6. The lowest BCUT2D eigenvalue weighted by atomic mass is 10.2. The van der Waals surface area contributed by atoms with E-state index in [1.54, 1.807) is 6.07 Å². The highest BCUT2D eigenvalue weighted by Crippen LogP contribution is 2.22. The smallest absolute Gasteiger partial charge is 0.207 e. The Balaban J connectivity index is 2.24. The molecule has 0 radical (unpaired) electrons. The molecular formula is C13H9Cl2F2NO2S. The van der Waals surface area contributed by atoms with E-state index in [4.69, 9.17) is 23.2 Å². The maximum Gasteiger partial charge on any atom is 0.243 e. The third-order valence-electron chi connectivity index (χ3n) is 2.65. The van der Waals surface area contributed by atoms with Gasteiger partial charge >= 0.3 is 0 Å². The first-order valence-corrected chi connectivity index (χ1v) is 7.92. The zero-order valence-corrected chi connectivity index (χ0v) is 12.7. The molecule has 0 aromatic heterocycles. The minimum atomic E-state index is -4.20. The number of sulfonamides is 1. The molecule has 2 aromatic carbocycles. The molecule has 0 bridgehead atoms. The molecule has 0 amide bonds. The Morgan fingerprint density at radius 3 is 2.43 bits per heavy atom. The van der Waals surface area contributed by atoms with Crippen molar-refractivity contribution in [1.29, 1.82) is 0 Å². The highest BCUT2D eigenvalue weighted by atomic mass is 35.5. The van der Waals surface area contributed by atoms with Gasteiger partial charge in [-0.25, -0.2) is 21.9 Å². The minimum absolute atomic E-state index is 0.172. The van der Waals surface area contributed by atoms with Crippen molar-refractivity contribution in [2.45, 2.75) is 11.4 Å². The molecular weight excluding hydrogens is 343 g/mol. The molecule has 112 valence electrons. The van der Waals surface area contributed by atoms with Crippen LogP contribution in [0.4, 0.5) is 8.78 Å². The standard InChI is InChI=1S/C13H9Cl2F2NO2S/c14-9-2-1-8(11(15)5-9)7-18-21(19,20)13-6-10(16)3-4-12(13)17/h1-6,18H,7H2. The predicted molar refractivity (Wildman–Crippen MR) is 76.8 cm³/mol. The lowest BCUT2D eigenvalue weighted by molar-refractivity contribution is 0.545. The van der Waals surface area contributed by atoms with E-state index in [0.717, 1.165) is 12.1 Å². The lowest BCUT2D eigenvalue weighted by Crippen LogP contribution is -2.24. The van der Waals surface area contributed by atoms with Gasteiger partial charge in [-0.05, 0) is 35.9 Å². The second-order valence-corrected chi connectivity index (χ2v) is 6.71. The van der Waals surface area contributed by atoms with Crippen molar-refractivity contribution < 1.29 is 17.2 Å². The van der Waals surface area contributed by atoms with Gasteiger partial charge in [0.25, 0.3) is 0 Å². The van der Waals surface area contributed by atoms with Gasteiger partial charge in [0.1, 0.15) is 16.5 Å². The number of nitrogens with one attached hydrogen (secondary N) is 1. The van der Waals surface area contributed by atoms with E-state index in [1.807, 2.05) is 0 Å². The summed E-state index contributed by atoms with van der Waals surface area (Å²) in [6.07, 6.45) is 0. The fourth-order valence-electron chi connectivity index (χ4n) is 1.60. The SMILES string of the molecule is O=S(=O)(NCc1ccc(Cl)cc1Cl)c1cc(F)ccc1F. The molecule has 1 N–H and O–H groups in total. The molecule has 2 aromatic rings. The maximum absolute atomic E-state index is 13.5. The first-order chi connectivity index (χ1) is 9.79. The van der Waals surface area contributed by atoms with Crippen LogP contribution in [0.5, 0.6) is 0 Å². The van der Waals surface area contributed by atoms with Gasteiger partial charge in [-0.2, -0.15) is 0 Å². The van der Waals surface area contributed by atoms with Gasteiger partial charge in [-0.15, -0.1) is 0 Å². The van der Waals surface area contributed by atoms with Crippen molar-refractivity contribution in [2.24, 2.45) is 0 Å². The fourth-order valence-corrected chi connectivity index (χ4v) is 3.17. The van der Waals surface area contributed by atoms with Crippen LogP contribution >= 0.6 is 23.2 Å². The normalized spacial score (nSPS) is 11.6. The molecule has 0 atom stereocenters. The van der Waals surface area contributed by atoms with E-state index < -0.39 is 26.6 Å². The van der Waals surface area contributed by atoms with E-state index in [9.17, 15) is 17.2 Å². The third kappa shape index (κ3) is 3.91. The molecule has 8 heteroatoms. The van der Waals surface area contributed by atoms with Crippen LogP contribution in [0, 0.1) is 11.6 Å². The molecule has 0 aliphatic rings. The zero-order valence-electron chi connectivity index (χ0n) is 10.4. The van der Waals surface area contributed by atoms with E-state index in [1.165, 1.54) is 12.1 Å². The van der Waals surface area contributed by atoms with E-state index in [2.05, 4.69) is 4.72 Å². The molecule has 0 fully saturated rings. The second kappa shape index (κ2) is 6.27. The van der Waals surface area contributed by atoms with Crippen LogP contribution in [0.2, 0.25) is 10.0 Å². The minimum Gasteiger partial charge on any atom is -0.207 e. The Bertz CT molecular complexity index is 782. The molecule has 0 heterocycles. The first kappa shape index (κ1) is 16.2. The number of rotatable bonds is 4. The summed E-state index contributed by atoms with van der Waals surface area (Å²) in [5.74, 6) is -1.88. The number of hydrogen-bond donors (Lipinski definition) is 1. The number of benzene rings is 2. The quantitative estimate of drug-likeness (QED) is 0.911. The lowest BCUT2D eigenvalue weighted by Gasteiger charge is -2.09. The molecule has 2 rings (SSSR count). The topological polar surface area (TPSA) is 46.2 Å². The van der Waals surface area contributed by atoms with Gasteiger partial charge in [0.2, 0.25) is 10.0 Å². The molecule has 0 unspecified atom stereocenters. The Hall–Kier alpha value is -1.21. The van der Waals surface area contributed by atoms with E-state index in [-0.39, 0.29) is 11.6 Å². The van der Waals surface area contributed by atoms with E-state index >= 15 is 0 Å². The number of halogens is 4. The molecule has 0 saturated carbocycles. The average Bonchev–Trinajstić information content (AvgIpc) is 2.40. The second-order valence-electron chi connectivity index (χ2n) is 4.14. The van der Waals surface area contributed by atoms with Crippen LogP contribution in [0.25, 0.3) is 0 Å². The Morgan fingerprint density at radius 2 is 1.76 bits per heavy atom. The Labute approximate surface area is 130 Å². The summed E-state index contributed by atoms with van der Waals surface area (Å²) in [6.45, 7) is -0.172. The van der Waals surface area contributed by atoms with Crippen molar-refractivity contribution in [3.8, 4) is 0 Å². The van der Waals surface area contributed by atoms with Crippen LogP contribution in [0.3, 0.4) is 0 Å². The highest BCUT2D eigenvalue weighted by molar-refractivity contribution is 7.89. The molecule has 3 nitrogen and oxygen atoms in total. The van der Waals surface area contributed by atoms with Gasteiger partial charge in [-0.3, -0.25) is 0 Å². The van der Waals surface area contributed by atoms with Crippen LogP contribution in [-0.4, -0.2) is 8.42 Å². The third-order valence-corrected chi connectivity index (χ3v) is 4.65. The van der Waals surface area contributed by atoms with Crippen molar-refractivity contribution in [2.75, 3.05) is 0 Å². The van der Waals surface area contributed by atoms with Gasteiger partial charge in [0, 0.05) is 16.6 Å². The number of hydrogen-bond acceptors (Lipinski definition) is 2. The van der Waals surface area contributed by atoms with Gasteiger partial charge in [0.15, 0.2) is 0 Å². The summed E-state index contributed by atoms with van der Waals surface area (Å²) in [5.41, 5.74) is 0.460. The first-order valence-electron chi connectivity index (χ1n) is 5.68. The Kier molecular flexibility index (Phi) is 4.83. The van der Waals surface area contributed by atoms with Gasteiger partial charge in [-0.1, -0.05) is 29.3 Å². The molecule has 0 aliphatic heterocycles. The van der Waals surface area contributed by atoms with Crippen molar-refractivity contribution in [3.63, 3.8) is 0 Å². The molecule has 0 saturated heterocycles. The average molecular weight is 352 g/mol. The molecule has 0 aliphatic carbocycles. The molecule has 0 spiro atoms. The molecule has 21 heavy (non-hydrogen) atoms. The van der Waals surface area contributed by atoms with Crippen molar-refractivity contribution in [3.05, 3.63) is 63.6 Å². The van der Waals surface area contributed by atoms with Crippen LogP contribution in [-0.2, 0) is 16.6 Å². The van der Waals surface area contributed by atoms with Crippen LogP contribution < -0.4 is 4.72 Å². The highest BCUT2D eigenvalue weighted by Gasteiger charge is 2.20. The Morgan fingerprint density at radius 1 is 1.05 bits per heavy atom. The van der Waals surface area contributed by atoms with Crippen LogP contribution in [0.1, 0.15) is 5.56 Å². The van der Waals surface area contributed by atoms with Crippen molar-refractivity contribution >= 4 is 33.2 Å². The van der Waals surface area contributed by atoms with E-state index in [0.29, 0.717) is 16.7 Å². The summed E-state index contributed by atoms with van der Waals surface area (Å²) >= 11 is 11.6. The maximum atomic E-state index is 13.5. The van der Waals surface area contributed by atoms with Crippen molar-refractivity contribution in [1.82, 2.24) is 4.72 Å². The predicted octanol–water partition coefficient (Wildman–Crippen LogP) is 3.75. The fraction of sp³-hybridized carbons (Fsp3) is 0.0769. The summed E-state index contributed by atoms with van der Waals surface area (Å²) in [7, 11) is -4.20. The monoisotopic (exact) mass is 351 g/mol. The van der Waals surface area contributed by atoms with Gasteiger partial charge < -0.3 is 0 Å². The van der Waals surface area contributed by atoms with Crippen LogP contribution in [0.15, 0.2) is 41.3 Å². The van der Waals surface area contributed by atoms with Gasteiger partial charge in [0.05, 0.1) is 0 Å².